The molecule has 1 aliphatic rings. The van der Waals surface area contributed by atoms with Gasteiger partial charge in [0.15, 0.2) is 5.82 Å². The van der Waals surface area contributed by atoms with Crippen molar-refractivity contribution in [1.82, 2.24) is 25.0 Å². The van der Waals surface area contributed by atoms with E-state index in [0.29, 0.717) is 5.02 Å². The Labute approximate surface area is 187 Å². The number of nitrogens with one attached hydrogen (secondary N) is 1. The number of fused-ring (bicyclic) bond motifs is 1. The number of hydrogen-bond acceptors (Lipinski definition) is 5. The molecule has 31 heavy (non-hydrogen) atoms. The normalized spacial score (nSPS) is 15.5. The van der Waals surface area contributed by atoms with Crippen LogP contribution in [0.5, 0.6) is 0 Å². The first-order valence-electron chi connectivity index (χ1n) is 10.7. The van der Waals surface area contributed by atoms with Gasteiger partial charge in [0, 0.05) is 37.5 Å². The molecular weight excluding hydrogens is 414 g/mol. The summed E-state index contributed by atoms with van der Waals surface area (Å²) >= 11 is 6.30. The van der Waals surface area contributed by atoms with Crippen molar-refractivity contribution >= 4 is 17.5 Å². The van der Waals surface area contributed by atoms with E-state index < -0.39 is 0 Å². The average molecular weight is 442 g/mol. The van der Waals surface area contributed by atoms with Crippen LogP contribution in [0, 0.1) is 5.92 Å². The lowest BCUT2D eigenvalue weighted by Gasteiger charge is -2.19. The van der Waals surface area contributed by atoms with Crippen LogP contribution in [-0.4, -0.2) is 38.7 Å². The Morgan fingerprint density at radius 2 is 1.94 bits per heavy atom. The van der Waals surface area contributed by atoms with Crippen LogP contribution in [0.15, 0.2) is 40.8 Å². The average Bonchev–Trinajstić information content (AvgIpc) is 3.32. The van der Waals surface area contributed by atoms with Crippen molar-refractivity contribution in [3.8, 4) is 11.3 Å². The lowest BCUT2D eigenvalue weighted by molar-refractivity contribution is -0.124. The van der Waals surface area contributed by atoms with Gasteiger partial charge in [0.1, 0.15) is 17.3 Å². The number of rotatable bonds is 6. The summed E-state index contributed by atoms with van der Waals surface area (Å²) in [5.74, 6) is 3.42. The maximum absolute atomic E-state index is 12.1. The number of aromatic nitrogens is 3. The highest BCUT2D eigenvalue weighted by atomic mass is 35.5. The molecule has 1 amide bonds. The summed E-state index contributed by atoms with van der Waals surface area (Å²) in [6.45, 7) is 8.94. The van der Waals surface area contributed by atoms with E-state index in [1.54, 1.807) is 0 Å². The van der Waals surface area contributed by atoms with Crippen LogP contribution in [0.4, 0.5) is 0 Å². The summed E-state index contributed by atoms with van der Waals surface area (Å²) in [6, 6.07) is 11.5. The molecule has 0 bridgehead atoms. The molecular formula is C23H28ClN5O2. The lowest BCUT2D eigenvalue weighted by Crippen LogP contribution is -2.32. The molecule has 4 rings (SSSR count). The van der Waals surface area contributed by atoms with E-state index in [9.17, 15) is 4.79 Å². The minimum Gasteiger partial charge on any atom is -0.460 e. The number of carbonyl (C=O) groups excluding carboxylic acids is 1. The molecule has 3 heterocycles. The van der Waals surface area contributed by atoms with Gasteiger partial charge in [-0.15, -0.1) is 10.2 Å². The molecule has 1 atom stereocenters. The third-order valence-corrected chi connectivity index (χ3v) is 5.93. The Balaban J connectivity index is 1.41. The first-order valence-corrected chi connectivity index (χ1v) is 11.1. The molecule has 0 saturated carbocycles. The summed E-state index contributed by atoms with van der Waals surface area (Å²) in [7, 11) is 0. The van der Waals surface area contributed by atoms with Crippen molar-refractivity contribution in [3.05, 3.63) is 58.8 Å². The van der Waals surface area contributed by atoms with E-state index in [-0.39, 0.29) is 17.9 Å². The minimum atomic E-state index is -0.175. The Morgan fingerprint density at radius 1 is 1.13 bits per heavy atom. The molecule has 0 aliphatic carbocycles. The van der Waals surface area contributed by atoms with Crippen LogP contribution in [0.1, 0.15) is 44.2 Å². The highest BCUT2D eigenvalue weighted by molar-refractivity contribution is 6.33. The third kappa shape index (κ3) is 4.83. The van der Waals surface area contributed by atoms with Crippen LogP contribution in [0.2, 0.25) is 5.02 Å². The number of benzene rings is 1. The van der Waals surface area contributed by atoms with Gasteiger partial charge in [-0.05, 0) is 31.2 Å². The number of furan rings is 1. The summed E-state index contributed by atoms with van der Waals surface area (Å²) in [6.07, 6.45) is 0.802. The van der Waals surface area contributed by atoms with Crippen molar-refractivity contribution < 1.29 is 9.21 Å². The fourth-order valence-electron chi connectivity index (χ4n) is 3.80. The van der Waals surface area contributed by atoms with Gasteiger partial charge in [-0.3, -0.25) is 9.69 Å². The van der Waals surface area contributed by atoms with Crippen LogP contribution in [0.25, 0.3) is 11.3 Å². The number of nitrogens with zero attached hydrogens (tertiary/aromatic N) is 4. The van der Waals surface area contributed by atoms with Gasteiger partial charge in [-0.25, -0.2) is 0 Å². The van der Waals surface area contributed by atoms with Crippen molar-refractivity contribution in [2.45, 2.75) is 46.3 Å². The number of halogens is 1. The van der Waals surface area contributed by atoms with E-state index in [1.165, 1.54) is 0 Å². The zero-order chi connectivity index (χ0) is 22.0. The van der Waals surface area contributed by atoms with Gasteiger partial charge in [0.2, 0.25) is 5.91 Å². The minimum absolute atomic E-state index is 0.0206. The largest absolute Gasteiger partial charge is 0.460 e. The second-order valence-electron chi connectivity index (χ2n) is 8.28. The molecule has 0 saturated heterocycles. The Bertz CT molecular complexity index is 1060. The number of hydrogen-bond donors (Lipinski definition) is 1. The fraction of sp³-hybridized carbons (Fsp3) is 0.435. The number of amides is 1. The first-order chi connectivity index (χ1) is 14.9. The third-order valence-electron chi connectivity index (χ3n) is 5.60. The Hall–Kier alpha value is -2.64. The van der Waals surface area contributed by atoms with E-state index >= 15 is 0 Å². The fourth-order valence-corrected chi connectivity index (χ4v) is 4.03. The maximum Gasteiger partial charge on any atom is 0.223 e. The summed E-state index contributed by atoms with van der Waals surface area (Å²) in [5, 5.41) is 12.4. The van der Waals surface area contributed by atoms with Crippen LogP contribution in [-0.2, 0) is 24.3 Å². The zero-order valence-electron chi connectivity index (χ0n) is 18.1. The molecule has 164 valence electrons. The van der Waals surface area contributed by atoms with Gasteiger partial charge in [-0.2, -0.15) is 0 Å². The van der Waals surface area contributed by atoms with Crippen molar-refractivity contribution in [2.24, 2.45) is 5.92 Å². The topological polar surface area (TPSA) is 76.2 Å². The highest BCUT2D eigenvalue weighted by Crippen LogP contribution is 2.29. The maximum atomic E-state index is 12.1. The molecule has 1 aliphatic heterocycles. The van der Waals surface area contributed by atoms with Crippen molar-refractivity contribution in [2.75, 3.05) is 13.1 Å². The van der Waals surface area contributed by atoms with E-state index in [2.05, 4.69) is 25.0 Å². The zero-order valence-corrected chi connectivity index (χ0v) is 18.9. The summed E-state index contributed by atoms with van der Waals surface area (Å²) < 4.78 is 8.21. The molecule has 3 aromatic rings. The van der Waals surface area contributed by atoms with Gasteiger partial charge in [-0.1, -0.05) is 37.6 Å². The van der Waals surface area contributed by atoms with Crippen LogP contribution >= 0.6 is 11.6 Å². The molecule has 0 radical (unpaired) electrons. The predicted molar refractivity (Wildman–Crippen MR) is 120 cm³/mol. The number of carbonyl (C=O) groups is 1. The second-order valence-corrected chi connectivity index (χ2v) is 8.69. The monoisotopic (exact) mass is 441 g/mol. The SMILES string of the molecule is CC(C)C(=O)N[C@H](C)c1nnc2n1CCN(Cc1ccc(-c3ccccc3Cl)o1)CC2. The standard InChI is InChI=1S/C23H28ClN5O2/c1-15(2)23(30)25-16(3)22-27-26-21-10-11-28(12-13-29(21)22)14-17-8-9-20(31-17)18-6-4-5-7-19(18)24/h4-9,15-16H,10-14H2,1-3H3,(H,25,30)/t16-/m1/s1. The molecule has 1 N–H and O–H groups in total. The smallest absolute Gasteiger partial charge is 0.223 e. The van der Waals surface area contributed by atoms with E-state index in [1.807, 2.05) is 57.2 Å². The molecule has 0 spiro atoms. The molecule has 8 heteroatoms. The quantitative estimate of drug-likeness (QED) is 0.623. The van der Waals surface area contributed by atoms with Crippen LogP contribution in [0.3, 0.4) is 0 Å². The molecule has 0 fully saturated rings. The highest BCUT2D eigenvalue weighted by Gasteiger charge is 2.23. The first kappa shape index (κ1) is 21.6. The van der Waals surface area contributed by atoms with Gasteiger partial charge < -0.3 is 14.3 Å². The predicted octanol–water partition coefficient (Wildman–Crippen LogP) is 4.08. The lowest BCUT2D eigenvalue weighted by atomic mass is 10.2. The molecule has 7 nitrogen and oxygen atoms in total. The van der Waals surface area contributed by atoms with Gasteiger partial charge in [0.25, 0.3) is 0 Å². The Morgan fingerprint density at radius 3 is 2.71 bits per heavy atom. The summed E-state index contributed by atoms with van der Waals surface area (Å²) in [5.41, 5.74) is 0.902. The van der Waals surface area contributed by atoms with Crippen molar-refractivity contribution in [3.63, 3.8) is 0 Å². The molecule has 1 aromatic carbocycles. The second kappa shape index (κ2) is 9.24. The van der Waals surface area contributed by atoms with Gasteiger partial charge in [0.05, 0.1) is 17.6 Å². The van der Waals surface area contributed by atoms with Crippen LogP contribution < -0.4 is 5.32 Å². The Kier molecular flexibility index (Phi) is 6.43. The van der Waals surface area contributed by atoms with E-state index in [0.717, 1.165) is 61.3 Å². The summed E-state index contributed by atoms with van der Waals surface area (Å²) in [4.78, 5) is 14.4. The van der Waals surface area contributed by atoms with Crippen molar-refractivity contribution in [1.29, 1.82) is 0 Å². The van der Waals surface area contributed by atoms with Gasteiger partial charge >= 0.3 is 0 Å². The van der Waals surface area contributed by atoms with E-state index in [4.69, 9.17) is 16.0 Å². The molecule has 0 unspecified atom stereocenters. The molecule has 2 aromatic heterocycles.